The molecule has 2 N–H and O–H groups in total. The van der Waals surface area contributed by atoms with E-state index in [1.54, 1.807) is 12.1 Å². The largest absolute Gasteiger partial charge is 0.324 e. The van der Waals surface area contributed by atoms with Gasteiger partial charge in [-0.2, -0.15) is 16.8 Å². The molecule has 1 rings (SSSR count). The summed E-state index contributed by atoms with van der Waals surface area (Å²) in [5, 5.41) is 0. The minimum absolute atomic E-state index is 0.0666. The number of rotatable bonds is 15. The van der Waals surface area contributed by atoms with Gasteiger partial charge in [0.25, 0.3) is 20.2 Å². The summed E-state index contributed by atoms with van der Waals surface area (Å²) in [5.74, 6) is -0.0949. The Morgan fingerprint density at radius 1 is 0.688 bits per heavy atom. The van der Waals surface area contributed by atoms with Crippen LogP contribution in [0.25, 0.3) is 0 Å². The Balaban J connectivity index is 0.000000726. The highest BCUT2D eigenvalue weighted by atomic mass is 32.2. The van der Waals surface area contributed by atoms with Crippen LogP contribution in [-0.4, -0.2) is 62.4 Å². The van der Waals surface area contributed by atoms with Gasteiger partial charge in [-0.15, -0.1) is 0 Å². The lowest BCUT2D eigenvalue weighted by Crippen LogP contribution is -2.50. The Kier molecular flexibility index (Phi) is 15.3. The van der Waals surface area contributed by atoms with E-state index in [4.69, 9.17) is 9.11 Å². The SMILES string of the molecule is CCCC[N+](CCCC)(CCCC)CCCCS(=O)(=O)O.Cc1ccc(S(=O)(=O)O)cc1. The van der Waals surface area contributed by atoms with Gasteiger partial charge in [-0.25, -0.2) is 0 Å². The third-order valence-electron chi connectivity index (χ3n) is 5.56. The van der Waals surface area contributed by atoms with Crippen molar-refractivity contribution < 1.29 is 30.4 Å². The molecule has 32 heavy (non-hydrogen) atoms. The summed E-state index contributed by atoms with van der Waals surface area (Å²) in [6, 6.07) is 5.99. The molecule has 188 valence electrons. The van der Waals surface area contributed by atoms with Crippen molar-refractivity contribution in [1.29, 1.82) is 0 Å². The fourth-order valence-electron chi connectivity index (χ4n) is 3.59. The summed E-state index contributed by atoms with van der Waals surface area (Å²) in [6.07, 6.45) is 8.82. The van der Waals surface area contributed by atoms with Crippen LogP contribution >= 0.6 is 0 Å². The van der Waals surface area contributed by atoms with Gasteiger partial charge in [0.2, 0.25) is 0 Å². The lowest BCUT2D eigenvalue weighted by atomic mass is 10.1. The minimum Gasteiger partial charge on any atom is -0.324 e. The highest BCUT2D eigenvalue weighted by Gasteiger charge is 2.25. The number of hydrogen-bond acceptors (Lipinski definition) is 4. The molecule has 0 aliphatic rings. The predicted molar refractivity (Wildman–Crippen MR) is 131 cm³/mol. The van der Waals surface area contributed by atoms with Crippen LogP contribution in [0.2, 0.25) is 0 Å². The van der Waals surface area contributed by atoms with Crippen molar-refractivity contribution >= 4 is 20.2 Å². The van der Waals surface area contributed by atoms with Crippen LogP contribution in [0.3, 0.4) is 0 Å². The Bertz CT molecular complexity index is 799. The van der Waals surface area contributed by atoms with E-state index < -0.39 is 20.2 Å². The maximum Gasteiger partial charge on any atom is 0.294 e. The molecular formula is C23H44NO6S2+. The van der Waals surface area contributed by atoms with Gasteiger partial charge in [0.05, 0.1) is 36.8 Å². The summed E-state index contributed by atoms with van der Waals surface area (Å²) < 4.78 is 61.2. The molecular weight excluding hydrogens is 450 g/mol. The van der Waals surface area contributed by atoms with Crippen molar-refractivity contribution in [2.75, 3.05) is 31.9 Å². The summed E-state index contributed by atoms with van der Waals surface area (Å²) >= 11 is 0. The van der Waals surface area contributed by atoms with E-state index in [1.165, 1.54) is 70.3 Å². The summed E-state index contributed by atoms with van der Waals surface area (Å²) in [6.45, 7) is 13.2. The summed E-state index contributed by atoms with van der Waals surface area (Å²) in [4.78, 5) is -0.0666. The third-order valence-corrected chi connectivity index (χ3v) is 7.23. The van der Waals surface area contributed by atoms with Crippen LogP contribution in [-0.2, 0) is 20.2 Å². The number of nitrogens with zero attached hydrogens (tertiary/aromatic N) is 1. The average molecular weight is 495 g/mol. The first-order valence-electron chi connectivity index (χ1n) is 11.7. The van der Waals surface area contributed by atoms with Crippen LogP contribution < -0.4 is 0 Å². The van der Waals surface area contributed by atoms with E-state index >= 15 is 0 Å². The number of unbranched alkanes of at least 4 members (excludes halogenated alkanes) is 4. The Morgan fingerprint density at radius 2 is 1.09 bits per heavy atom. The Labute approximate surface area is 196 Å². The monoisotopic (exact) mass is 494 g/mol. The average Bonchev–Trinajstić information content (AvgIpc) is 2.71. The van der Waals surface area contributed by atoms with Gasteiger partial charge in [0.1, 0.15) is 0 Å². The first-order valence-corrected chi connectivity index (χ1v) is 14.8. The second kappa shape index (κ2) is 15.8. The molecule has 0 bridgehead atoms. The van der Waals surface area contributed by atoms with Crippen molar-refractivity contribution in [2.45, 2.75) is 84.0 Å². The number of benzene rings is 1. The van der Waals surface area contributed by atoms with Crippen molar-refractivity contribution in [1.82, 2.24) is 0 Å². The van der Waals surface area contributed by atoms with Gasteiger partial charge in [-0.05, 0) is 51.2 Å². The van der Waals surface area contributed by atoms with E-state index in [-0.39, 0.29) is 10.6 Å². The van der Waals surface area contributed by atoms with Crippen molar-refractivity contribution in [3.63, 3.8) is 0 Å². The fourth-order valence-corrected chi connectivity index (χ4v) is 4.64. The molecule has 0 fully saturated rings. The highest BCUT2D eigenvalue weighted by molar-refractivity contribution is 7.86. The predicted octanol–water partition coefficient (Wildman–Crippen LogP) is 5.11. The smallest absolute Gasteiger partial charge is 0.294 e. The fraction of sp³-hybridized carbons (Fsp3) is 0.739. The molecule has 0 amide bonds. The Morgan fingerprint density at radius 3 is 1.44 bits per heavy atom. The van der Waals surface area contributed by atoms with E-state index in [2.05, 4.69) is 20.8 Å². The molecule has 0 heterocycles. The zero-order valence-electron chi connectivity index (χ0n) is 20.3. The molecule has 0 atom stereocenters. The number of quaternary nitrogens is 1. The molecule has 7 nitrogen and oxygen atoms in total. The molecule has 0 saturated carbocycles. The van der Waals surface area contributed by atoms with Gasteiger partial charge in [0.15, 0.2) is 0 Å². The van der Waals surface area contributed by atoms with E-state index in [0.29, 0.717) is 6.42 Å². The maximum atomic E-state index is 10.8. The molecule has 0 aliphatic heterocycles. The van der Waals surface area contributed by atoms with Gasteiger partial charge >= 0.3 is 0 Å². The lowest BCUT2D eigenvalue weighted by molar-refractivity contribution is -0.929. The van der Waals surface area contributed by atoms with Crippen molar-refractivity contribution in [3.8, 4) is 0 Å². The van der Waals surface area contributed by atoms with Crippen LogP contribution in [0, 0.1) is 6.92 Å². The van der Waals surface area contributed by atoms with E-state index in [0.717, 1.165) is 23.0 Å². The molecule has 0 aromatic heterocycles. The molecule has 0 spiro atoms. The molecule has 1 aromatic carbocycles. The maximum absolute atomic E-state index is 10.8. The van der Waals surface area contributed by atoms with Crippen LogP contribution in [0.4, 0.5) is 0 Å². The van der Waals surface area contributed by atoms with Gasteiger partial charge < -0.3 is 4.48 Å². The molecule has 0 unspecified atom stereocenters. The molecule has 0 aliphatic carbocycles. The van der Waals surface area contributed by atoms with Crippen molar-refractivity contribution in [3.05, 3.63) is 29.8 Å². The summed E-state index contributed by atoms with van der Waals surface area (Å²) in [7, 11) is -7.82. The second-order valence-corrected chi connectivity index (χ2v) is 11.6. The number of hydrogen-bond donors (Lipinski definition) is 2. The molecule has 9 heteroatoms. The quantitative estimate of drug-likeness (QED) is 0.199. The molecule has 1 aromatic rings. The van der Waals surface area contributed by atoms with E-state index in [1.807, 2.05) is 6.92 Å². The normalized spacial score (nSPS) is 12.3. The highest BCUT2D eigenvalue weighted by Crippen LogP contribution is 2.17. The zero-order chi connectivity index (χ0) is 24.7. The topological polar surface area (TPSA) is 109 Å². The second-order valence-electron chi connectivity index (χ2n) is 8.58. The molecule has 0 radical (unpaired) electrons. The van der Waals surface area contributed by atoms with Crippen LogP contribution in [0.1, 0.15) is 77.7 Å². The van der Waals surface area contributed by atoms with Gasteiger partial charge in [-0.1, -0.05) is 57.7 Å². The first-order chi connectivity index (χ1) is 14.9. The Hall–Kier alpha value is -1.00. The van der Waals surface area contributed by atoms with Gasteiger partial charge in [0, 0.05) is 0 Å². The summed E-state index contributed by atoms with van der Waals surface area (Å²) in [5.41, 5.74) is 0.956. The molecule has 0 saturated heterocycles. The van der Waals surface area contributed by atoms with Crippen LogP contribution in [0.5, 0.6) is 0 Å². The van der Waals surface area contributed by atoms with Gasteiger partial charge in [-0.3, -0.25) is 9.11 Å². The van der Waals surface area contributed by atoms with Crippen LogP contribution in [0.15, 0.2) is 29.2 Å². The van der Waals surface area contributed by atoms with Crippen molar-refractivity contribution in [2.24, 2.45) is 0 Å². The standard InChI is InChI=1S/C16H35NO3S.C7H8O3S/c1-4-7-12-17(13-8-5-2,14-9-6-3)15-10-11-16-21(18,19)20;1-6-2-4-7(5-3-6)11(8,9)10/h4-16H2,1-3H3;2-5H,1H3,(H,8,9,10)/p+1. The lowest BCUT2D eigenvalue weighted by Gasteiger charge is -2.39. The minimum atomic E-state index is -4.02. The zero-order valence-corrected chi connectivity index (χ0v) is 21.9. The third kappa shape index (κ3) is 14.9. The number of aryl methyl sites for hydroxylation is 1. The first kappa shape index (κ1) is 31.0. The van der Waals surface area contributed by atoms with E-state index in [9.17, 15) is 16.8 Å².